The lowest BCUT2D eigenvalue weighted by Gasteiger charge is -2.43. The Morgan fingerprint density at radius 1 is 1.52 bits per heavy atom. The lowest BCUT2D eigenvalue weighted by atomic mass is 9.79. The summed E-state index contributed by atoms with van der Waals surface area (Å²) in [6.07, 6.45) is 4.74. The van der Waals surface area contributed by atoms with Crippen LogP contribution in [0.1, 0.15) is 41.7 Å². The van der Waals surface area contributed by atoms with E-state index in [2.05, 4.69) is 9.97 Å². The van der Waals surface area contributed by atoms with Crippen LogP contribution in [0.5, 0.6) is 0 Å². The molecule has 1 saturated heterocycles. The van der Waals surface area contributed by atoms with E-state index in [-0.39, 0.29) is 36.2 Å². The monoisotopic (exact) mass is 350 g/mol. The Bertz CT molecular complexity index is 641. The molecule has 1 amide bonds. The highest BCUT2D eigenvalue weighted by Gasteiger charge is 2.53. The van der Waals surface area contributed by atoms with Crippen LogP contribution in [0.3, 0.4) is 0 Å². The number of anilines is 1. The molecular formula is C17H26N4O4. The van der Waals surface area contributed by atoms with Crippen molar-refractivity contribution < 1.29 is 19.4 Å². The first-order valence-corrected chi connectivity index (χ1v) is 8.68. The Morgan fingerprint density at radius 3 is 3.00 bits per heavy atom. The molecule has 3 N–H and O–H groups in total. The third-order valence-electron chi connectivity index (χ3n) is 5.48. The molecule has 1 aromatic rings. The summed E-state index contributed by atoms with van der Waals surface area (Å²) < 4.78 is 11.6. The number of aliphatic hydroxyl groups excluding tert-OH is 1. The molecule has 138 valence electrons. The van der Waals surface area contributed by atoms with Crippen LogP contribution in [0.15, 0.2) is 6.20 Å². The van der Waals surface area contributed by atoms with Gasteiger partial charge < -0.3 is 25.2 Å². The fourth-order valence-electron chi connectivity index (χ4n) is 4.13. The maximum absolute atomic E-state index is 13.1. The number of hydrogen-bond donors (Lipinski definition) is 2. The zero-order valence-corrected chi connectivity index (χ0v) is 14.8. The minimum atomic E-state index is -0.322. The highest BCUT2D eigenvalue weighted by molar-refractivity contribution is 5.95. The van der Waals surface area contributed by atoms with E-state index in [1.165, 1.54) is 6.20 Å². The summed E-state index contributed by atoms with van der Waals surface area (Å²) in [4.78, 5) is 23.0. The number of methoxy groups -OCH3 is 1. The second-order valence-corrected chi connectivity index (χ2v) is 6.75. The van der Waals surface area contributed by atoms with Crippen LogP contribution in [0.4, 0.5) is 5.95 Å². The fraction of sp³-hybridized carbons (Fsp3) is 0.706. The van der Waals surface area contributed by atoms with Crippen molar-refractivity contribution in [3.8, 4) is 0 Å². The molecule has 0 unspecified atom stereocenters. The third-order valence-corrected chi connectivity index (χ3v) is 5.48. The molecule has 1 saturated carbocycles. The normalized spacial score (nSPS) is 28.8. The fourth-order valence-corrected chi connectivity index (χ4v) is 4.13. The van der Waals surface area contributed by atoms with Crippen LogP contribution in [0.2, 0.25) is 0 Å². The average molecular weight is 350 g/mol. The van der Waals surface area contributed by atoms with Crippen LogP contribution in [0, 0.1) is 6.92 Å². The van der Waals surface area contributed by atoms with Crippen molar-refractivity contribution in [3.05, 3.63) is 17.5 Å². The Labute approximate surface area is 147 Å². The van der Waals surface area contributed by atoms with Crippen LogP contribution < -0.4 is 5.73 Å². The number of nitrogens with two attached hydrogens (primary N) is 1. The van der Waals surface area contributed by atoms with Gasteiger partial charge in [0.05, 0.1) is 42.2 Å². The first-order chi connectivity index (χ1) is 12.0. The number of fused-ring (bicyclic) bond motifs is 1. The largest absolute Gasteiger partial charge is 0.394 e. The Kier molecular flexibility index (Phi) is 5.21. The van der Waals surface area contributed by atoms with Gasteiger partial charge in [-0.3, -0.25) is 4.79 Å². The van der Waals surface area contributed by atoms with Gasteiger partial charge in [0.25, 0.3) is 5.91 Å². The molecule has 0 bridgehead atoms. The van der Waals surface area contributed by atoms with Gasteiger partial charge in [0.2, 0.25) is 5.95 Å². The molecule has 2 aliphatic rings. The number of amides is 1. The summed E-state index contributed by atoms with van der Waals surface area (Å²) >= 11 is 0. The number of likely N-dealkylation sites (tertiary alicyclic amines) is 1. The molecular weight excluding hydrogens is 324 g/mol. The number of aliphatic hydroxyl groups is 1. The number of rotatable bonds is 5. The molecule has 2 fully saturated rings. The molecule has 3 atom stereocenters. The standard InChI is InChI=1S/C17H26N4O4/c1-11-13(10-19-16(18)20-11)15(23)21-6-5-17(24-2)4-3-12(9-14(17)21)25-8-7-22/h10,12,14,22H,3-9H2,1-2H3,(H2,18,19,20)/t12-,14-,17+/m0/s1. The lowest BCUT2D eigenvalue weighted by molar-refractivity contribution is -0.0992. The van der Waals surface area contributed by atoms with Gasteiger partial charge >= 0.3 is 0 Å². The molecule has 1 aromatic heterocycles. The number of aromatic nitrogens is 2. The number of nitrogens with zero attached hydrogens (tertiary/aromatic N) is 3. The Morgan fingerprint density at radius 2 is 2.32 bits per heavy atom. The molecule has 2 heterocycles. The quantitative estimate of drug-likeness (QED) is 0.797. The number of nitrogen functional groups attached to an aromatic ring is 1. The maximum atomic E-state index is 13.1. The first kappa shape index (κ1) is 18.0. The van der Waals surface area contributed by atoms with E-state index < -0.39 is 0 Å². The number of aryl methyl sites for hydroxylation is 1. The van der Waals surface area contributed by atoms with Crippen molar-refractivity contribution in [1.82, 2.24) is 14.9 Å². The summed E-state index contributed by atoms with van der Waals surface area (Å²) in [6, 6.07) is -0.0561. The highest BCUT2D eigenvalue weighted by Crippen LogP contribution is 2.43. The van der Waals surface area contributed by atoms with E-state index in [1.807, 2.05) is 4.90 Å². The van der Waals surface area contributed by atoms with Gasteiger partial charge in [-0.1, -0.05) is 0 Å². The highest BCUT2D eigenvalue weighted by atomic mass is 16.5. The van der Waals surface area contributed by atoms with E-state index in [4.69, 9.17) is 20.3 Å². The number of ether oxygens (including phenoxy) is 2. The summed E-state index contributed by atoms with van der Waals surface area (Å²) in [7, 11) is 1.72. The van der Waals surface area contributed by atoms with Crippen molar-refractivity contribution >= 4 is 11.9 Å². The smallest absolute Gasteiger partial charge is 0.257 e. The van der Waals surface area contributed by atoms with E-state index in [0.717, 1.165) is 19.3 Å². The van der Waals surface area contributed by atoms with Crippen LogP contribution in [-0.4, -0.2) is 70.5 Å². The predicted molar refractivity (Wildman–Crippen MR) is 91.0 cm³/mol. The number of hydrogen-bond acceptors (Lipinski definition) is 7. The first-order valence-electron chi connectivity index (χ1n) is 8.68. The van der Waals surface area contributed by atoms with Gasteiger partial charge in [-0.25, -0.2) is 9.97 Å². The molecule has 25 heavy (non-hydrogen) atoms. The average Bonchev–Trinajstić information content (AvgIpc) is 2.98. The van der Waals surface area contributed by atoms with E-state index in [1.54, 1.807) is 14.0 Å². The Balaban J connectivity index is 1.82. The third kappa shape index (κ3) is 3.33. The van der Waals surface area contributed by atoms with E-state index >= 15 is 0 Å². The molecule has 0 spiro atoms. The number of carbonyl (C=O) groups is 1. The Hall–Kier alpha value is -1.77. The lowest BCUT2D eigenvalue weighted by Crippen LogP contribution is -2.53. The van der Waals surface area contributed by atoms with Crippen LogP contribution >= 0.6 is 0 Å². The number of carbonyl (C=O) groups excluding carboxylic acids is 1. The molecule has 8 heteroatoms. The summed E-state index contributed by atoms with van der Waals surface area (Å²) in [6.45, 7) is 2.71. The van der Waals surface area contributed by atoms with Crippen molar-refractivity contribution in [2.24, 2.45) is 0 Å². The van der Waals surface area contributed by atoms with Crippen molar-refractivity contribution in [3.63, 3.8) is 0 Å². The maximum Gasteiger partial charge on any atom is 0.257 e. The summed E-state index contributed by atoms with van der Waals surface area (Å²) in [5, 5.41) is 8.98. The molecule has 0 radical (unpaired) electrons. The molecule has 1 aliphatic carbocycles. The van der Waals surface area contributed by atoms with E-state index in [0.29, 0.717) is 30.8 Å². The molecule has 8 nitrogen and oxygen atoms in total. The molecule has 0 aromatic carbocycles. The minimum absolute atomic E-state index is 0.00119. The van der Waals surface area contributed by atoms with Crippen molar-refractivity contribution in [2.75, 3.05) is 32.6 Å². The topological polar surface area (TPSA) is 111 Å². The second-order valence-electron chi connectivity index (χ2n) is 6.75. The predicted octanol–water partition coefficient (Wildman–Crippen LogP) is 0.528. The minimum Gasteiger partial charge on any atom is -0.394 e. The zero-order chi connectivity index (χ0) is 18.0. The zero-order valence-electron chi connectivity index (χ0n) is 14.8. The van der Waals surface area contributed by atoms with Gasteiger partial charge in [0.15, 0.2) is 0 Å². The van der Waals surface area contributed by atoms with Crippen LogP contribution in [-0.2, 0) is 9.47 Å². The van der Waals surface area contributed by atoms with Gasteiger partial charge in [-0.2, -0.15) is 0 Å². The van der Waals surface area contributed by atoms with Crippen LogP contribution in [0.25, 0.3) is 0 Å². The van der Waals surface area contributed by atoms with Crippen molar-refractivity contribution in [2.45, 2.75) is 50.4 Å². The SMILES string of the molecule is CO[C@@]12CC[C@H](OCCO)C[C@@H]1N(C(=O)c1cnc(N)nc1C)CC2. The van der Waals surface area contributed by atoms with Gasteiger partial charge in [0, 0.05) is 19.9 Å². The van der Waals surface area contributed by atoms with Gasteiger partial charge in [0.1, 0.15) is 0 Å². The summed E-state index contributed by atoms with van der Waals surface area (Å²) in [5.41, 5.74) is 6.32. The van der Waals surface area contributed by atoms with Gasteiger partial charge in [-0.15, -0.1) is 0 Å². The van der Waals surface area contributed by atoms with Crippen molar-refractivity contribution in [1.29, 1.82) is 0 Å². The second kappa shape index (κ2) is 7.23. The van der Waals surface area contributed by atoms with Gasteiger partial charge in [-0.05, 0) is 32.6 Å². The summed E-state index contributed by atoms with van der Waals surface area (Å²) in [5.74, 6) is 0.0704. The van der Waals surface area contributed by atoms with E-state index in [9.17, 15) is 4.79 Å². The molecule has 1 aliphatic heterocycles. The molecule has 3 rings (SSSR count).